The second-order valence-electron chi connectivity index (χ2n) is 9.71. The molecule has 1 N–H and O–H groups in total. The van der Waals surface area contributed by atoms with E-state index in [1.807, 2.05) is 24.3 Å². The minimum atomic E-state index is 0.124. The number of hydrogen-bond acceptors (Lipinski definition) is 1. The Hall–Kier alpha value is -2.48. The fourth-order valence-electron chi connectivity index (χ4n) is 3.51. The molecule has 2 heteroatoms. The molecule has 0 spiro atoms. The van der Waals surface area contributed by atoms with Gasteiger partial charge in [0.1, 0.15) is 5.75 Å². The maximum atomic E-state index is 9.18. The molecule has 4 rings (SSSR count). The van der Waals surface area contributed by atoms with Crippen molar-refractivity contribution in [3.05, 3.63) is 124 Å². The summed E-state index contributed by atoms with van der Waals surface area (Å²) >= 11 is 2.16. The Kier molecular flexibility index (Phi) is 10.5. The minimum absolute atomic E-state index is 0.124. The number of aromatic hydroxyl groups is 1. The van der Waals surface area contributed by atoms with Crippen LogP contribution in [0.4, 0.5) is 0 Å². The molecule has 1 aliphatic carbocycles. The van der Waals surface area contributed by atoms with Crippen LogP contribution in [-0.4, -0.2) is 8.92 Å². The molecule has 0 fully saturated rings. The van der Waals surface area contributed by atoms with E-state index in [1.54, 1.807) is 12.1 Å². The summed E-state index contributed by atoms with van der Waals surface area (Å²) in [6.45, 7) is 15.0. The average molecular weight is 486 g/mol. The van der Waals surface area contributed by atoms with E-state index in [1.165, 1.54) is 31.7 Å². The summed E-state index contributed by atoms with van der Waals surface area (Å²) in [6, 6.07) is 28.3. The van der Waals surface area contributed by atoms with Crippen LogP contribution in [0.1, 0.15) is 65.2 Å². The SMILES string of the molecule is CC(C)(C)c1cccc(O)c1.CC1=[C-]C(C)C(C)=C1C.[Ti+]=[C](c1ccccc1)c1ccccc1. The molecule has 0 amide bonds. The summed E-state index contributed by atoms with van der Waals surface area (Å²) in [7, 11) is 0. The second-order valence-corrected chi connectivity index (χ2v) is 10.5. The van der Waals surface area contributed by atoms with Gasteiger partial charge in [-0.25, -0.2) is 5.57 Å². The molecule has 3 aromatic carbocycles. The maximum absolute atomic E-state index is 9.18. The number of hydrogen-bond donors (Lipinski definition) is 1. The van der Waals surface area contributed by atoms with Crippen LogP contribution < -0.4 is 0 Å². The first-order valence-electron chi connectivity index (χ1n) is 11.8. The first kappa shape index (κ1) is 27.8. The predicted molar refractivity (Wildman–Crippen MR) is 143 cm³/mol. The van der Waals surface area contributed by atoms with E-state index in [-0.39, 0.29) is 5.41 Å². The molecule has 34 heavy (non-hydrogen) atoms. The van der Waals surface area contributed by atoms with E-state index in [4.69, 9.17) is 0 Å². The predicted octanol–water partition coefficient (Wildman–Crippen LogP) is 8.21. The first-order chi connectivity index (χ1) is 16.0. The molecular weight excluding hydrogens is 448 g/mol. The molecule has 1 aliphatic rings. The standard InChI is InChI=1S/C13H10.C10H14O.C9H13.Ti/c1-3-7-12(8-4-1)11-13-9-5-2-6-10-13;1-10(2,3)8-5-4-6-9(11)7-8;1-6-5-7(2)9(4)8(6)3;/h1-10H;4-7,11H,1-3H3;6H,1-4H3;/q;;-1;+1. The fourth-order valence-corrected chi connectivity index (χ4v) is 4.03. The van der Waals surface area contributed by atoms with E-state index >= 15 is 0 Å². The van der Waals surface area contributed by atoms with Gasteiger partial charge in [-0.15, -0.1) is 6.92 Å². The Morgan fingerprint density at radius 1 is 0.794 bits per heavy atom. The van der Waals surface area contributed by atoms with Crippen molar-refractivity contribution in [1.82, 2.24) is 0 Å². The topological polar surface area (TPSA) is 20.2 Å². The third-order valence-electron chi connectivity index (χ3n) is 6.07. The first-order valence-corrected chi connectivity index (χ1v) is 12.6. The van der Waals surface area contributed by atoms with Crippen molar-refractivity contribution in [2.75, 3.05) is 0 Å². The Labute approximate surface area is 218 Å². The number of rotatable bonds is 2. The number of benzene rings is 3. The van der Waals surface area contributed by atoms with Gasteiger partial charge >= 0.3 is 95.6 Å². The fraction of sp³-hybridized carbons (Fsp3) is 0.281. The molecule has 1 nitrogen and oxygen atoms in total. The second kappa shape index (κ2) is 12.8. The molecule has 0 saturated heterocycles. The van der Waals surface area contributed by atoms with Crippen molar-refractivity contribution in [3.8, 4) is 5.75 Å². The Morgan fingerprint density at radius 2 is 1.29 bits per heavy atom. The molecule has 0 aromatic heterocycles. The summed E-state index contributed by atoms with van der Waals surface area (Å²) in [4.78, 5) is 0. The van der Waals surface area contributed by atoms with Gasteiger partial charge in [0.15, 0.2) is 0 Å². The third kappa shape index (κ3) is 8.39. The third-order valence-corrected chi connectivity index (χ3v) is 6.98. The van der Waals surface area contributed by atoms with Crippen molar-refractivity contribution in [3.63, 3.8) is 0 Å². The van der Waals surface area contributed by atoms with E-state index in [0.29, 0.717) is 11.7 Å². The van der Waals surface area contributed by atoms with Crippen LogP contribution in [0.3, 0.4) is 0 Å². The molecule has 175 valence electrons. The van der Waals surface area contributed by atoms with Gasteiger partial charge in [-0.1, -0.05) is 59.6 Å². The molecular formula is C32H37OTi. The summed E-state index contributed by atoms with van der Waals surface area (Å²) in [5, 5.41) is 9.18. The molecule has 0 bridgehead atoms. The van der Waals surface area contributed by atoms with Gasteiger partial charge in [0, 0.05) is 0 Å². The van der Waals surface area contributed by atoms with Crippen LogP contribution >= 0.6 is 0 Å². The van der Waals surface area contributed by atoms with E-state index < -0.39 is 0 Å². The number of phenols is 1. The molecule has 1 unspecified atom stereocenters. The van der Waals surface area contributed by atoms with Gasteiger partial charge < -0.3 is 5.11 Å². The van der Waals surface area contributed by atoms with Crippen LogP contribution in [0.2, 0.25) is 0 Å². The molecule has 0 heterocycles. The van der Waals surface area contributed by atoms with Crippen LogP contribution in [0.15, 0.2) is 102 Å². The monoisotopic (exact) mass is 485 g/mol. The molecule has 3 aromatic rings. The van der Waals surface area contributed by atoms with Crippen LogP contribution in [0.25, 0.3) is 0 Å². The van der Waals surface area contributed by atoms with Gasteiger partial charge in [-0.2, -0.15) is 11.1 Å². The van der Waals surface area contributed by atoms with E-state index in [9.17, 15) is 5.11 Å². The average Bonchev–Trinajstić information content (AvgIpc) is 3.05. The van der Waals surface area contributed by atoms with Gasteiger partial charge in [-0.05, 0) is 23.1 Å². The van der Waals surface area contributed by atoms with Crippen molar-refractivity contribution >= 4 is 3.81 Å². The zero-order chi connectivity index (χ0) is 25.3. The summed E-state index contributed by atoms with van der Waals surface area (Å²) < 4.78 is 1.33. The molecule has 0 saturated carbocycles. The summed E-state index contributed by atoms with van der Waals surface area (Å²) in [6.07, 6.45) is 3.36. The molecule has 1 atom stereocenters. The number of phenolic OH excluding ortho intramolecular Hbond substituents is 1. The van der Waals surface area contributed by atoms with Gasteiger partial charge in [-0.3, -0.25) is 6.08 Å². The Morgan fingerprint density at radius 3 is 1.59 bits per heavy atom. The number of allylic oxidation sites excluding steroid dienone is 4. The summed E-state index contributed by atoms with van der Waals surface area (Å²) in [5.41, 5.74) is 8.11. The summed E-state index contributed by atoms with van der Waals surface area (Å²) in [5.74, 6) is 0.905. The van der Waals surface area contributed by atoms with E-state index in [2.05, 4.69) is 123 Å². The Balaban J connectivity index is 0.000000185. The van der Waals surface area contributed by atoms with Crippen LogP contribution in [0, 0.1) is 12.0 Å². The molecule has 0 aliphatic heterocycles. The normalized spacial score (nSPS) is 15.0. The van der Waals surface area contributed by atoms with Crippen molar-refractivity contribution < 1.29 is 25.1 Å². The van der Waals surface area contributed by atoms with Crippen LogP contribution in [-0.2, 0) is 25.4 Å². The molecule has 0 radical (unpaired) electrons. The van der Waals surface area contributed by atoms with E-state index in [0.717, 1.165) is 5.56 Å². The van der Waals surface area contributed by atoms with Crippen molar-refractivity contribution in [2.24, 2.45) is 5.92 Å². The van der Waals surface area contributed by atoms with Crippen molar-refractivity contribution in [1.29, 1.82) is 0 Å². The quantitative estimate of drug-likeness (QED) is 0.286. The van der Waals surface area contributed by atoms with Gasteiger partial charge in [0.2, 0.25) is 0 Å². The van der Waals surface area contributed by atoms with Crippen molar-refractivity contribution in [2.45, 2.75) is 53.9 Å². The Bertz CT molecular complexity index is 1090. The van der Waals surface area contributed by atoms with Gasteiger partial charge in [0.25, 0.3) is 0 Å². The zero-order valence-corrected chi connectivity index (χ0v) is 23.2. The van der Waals surface area contributed by atoms with Crippen LogP contribution in [0.5, 0.6) is 5.75 Å². The van der Waals surface area contributed by atoms with Gasteiger partial charge in [0.05, 0.1) is 0 Å². The zero-order valence-electron chi connectivity index (χ0n) is 21.6.